The van der Waals surface area contributed by atoms with Gasteiger partial charge in [-0.25, -0.2) is 0 Å². The van der Waals surface area contributed by atoms with Crippen molar-refractivity contribution in [3.63, 3.8) is 0 Å². The third-order valence-corrected chi connectivity index (χ3v) is 0. The molecule has 0 aromatic carbocycles. The van der Waals surface area contributed by atoms with Crippen LogP contribution in [0.15, 0.2) is 0 Å². The average molecular weight is 195 g/mol. The normalized spacial score (nSPS) is 8.30. The summed E-state index contributed by atoms with van der Waals surface area (Å²) in [5.74, 6) is 0. The Balaban J connectivity index is -0.0000000910. The van der Waals surface area contributed by atoms with Crippen LogP contribution in [0.2, 0.25) is 0 Å². The van der Waals surface area contributed by atoms with E-state index in [9.17, 15) is 0 Å². The predicted molar refractivity (Wildman–Crippen MR) is 18.8 cm³/mol. The number of phosphoric acid groups is 1. The molecule has 0 aliphatic heterocycles. The van der Waals surface area contributed by atoms with Gasteiger partial charge in [0, 0.05) is 37.7 Å². The molecule has 10 heavy (non-hydrogen) atoms. The molecule has 0 heterocycles. The van der Waals surface area contributed by atoms with Crippen molar-refractivity contribution >= 4 is 51.7 Å². The van der Waals surface area contributed by atoms with E-state index < -0.39 is 14.0 Å². The Labute approximate surface area is 85.5 Å². The maximum Gasteiger partial charge on any atom is 0 e. The number of rotatable bonds is 0. The predicted octanol–water partition coefficient (Wildman–Crippen LogP) is -5.65. The fraction of sp³-hybridized carbons (Fsp3) is 0. The first-order valence-corrected chi connectivity index (χ1v) is 2.80. The average Bonchev–Trinajstić information content (AvgIpc) is 1.19. The largest absolute Gasteiger partial charge is 0.822 e. The van der Waals surface area contributed by atoms with Crippen molar-refractivity contribution in [1.29, 1.82) is 0 Å². The third-order valence-electron chi connectivity index (χ3n) is 0. The van der Waals surface area contributed by atoms with Gasteiger partial charge in [-0.2, -0.15) is 7.82 Å². The summed E-state index contributed by atoms with van der Waals surface area (Å²) >= 11 is 0. The zero-order valence-electron chi connectivity index (χ0n) is 4.51. The molecule has 2 radical (unpaired) electrons. The van der Waals surface area contributed by atoms with Crippen LogP contribution in [-0.4, -0.2) is 43.9 Å². The van der Waals surface area contributed by atoms with Gasteiger partial charge in [0.25, 0.3) is 0 Å². The molecular formula is CCaO7P-5. The summed E-state index contributed by atoms with van der Waals surface area (Å²) in [7, 11) is -5.39. The zero-order valence-corrected chi connectivity index (χ0v) is 7.61. The minimum atomic E-state index is -5.39. The fourth-order valence-corrected chi connectivity index (χ4v) is 0. The molecule has 0 aliphatic carbocycles. The van der Waals surface area contributed by atoms with Crippen molar-refractivity contribution < 1.29 is 34.3 Å². The molecule has 0 N–H and O–H groups in total. The second-order valence-corrected chi connectivity index (χ2v) is 1.59. The molecular weight excluding hydrogens is 195 g/mol. The molecule has 0 saturated heterocycles. The smallest absolute Gasteiger partial charge is 0 e. The third kappa shape index (κ3) is 1230. The molecule has 0 unspecified atom stereocenters. The van der Waals surface area contributed by atoms with Gasteiger partial charge in [0.1, 0.15) is 0 Å². The molecule has 0 rings (SSSR count). The Kier molecular flexibility index (Phi) is 13.1. The van der Waals surface area contributed by atoms with Crippen LogP contribution in [-0.2, 0) is 4.57 Å². The molecule has 0 bridgehead atoms. The fourth-order valence-electron chi connectivity index (χ4n) is 0. The summed E-state index contributed by atoms with van der Waals surface area (Å²) in [6, 6.07) is 0. The Morgan fingerprint density at radius 3 is 1.10 bits per heavy atom. The molecule has 0 aromatic heterocycles. The summed E-state index contributed by atoms with van der Waals surface area (Å²) in [5.41, 5.74) is 0. The minimum absolute atomic E-state index is 0. The van der Waals surface area contributed by atoms with Gasteiger partial charge in [-0.1, -0.05) is 0 Å². The van der Waals surface area contributed by atoms with E-state index in [2.05, 4.69) is 0 Å². The van der Waals surface area contributed by atoms with Crippen LogP contribution in [0, 0.1) is 0 Å². The van der Waals surface area contributed by atoms with Crippen LogP contribution in [0.1, 0.15) is 0 Å². The van der Waals surface area contributed by atoms with Crippen molar-refractivity contribution in [2.75, 3.05) is 0 Å². The number of hydrogen-bond donors (Lipinski definition) is 0. The summed E-state index contributed by atoms with van der Waals surface area (Å²) in [5, 5.41) is 16.7. The van der Waals surface area contributed by atoms with E-state index in [1.807, 2.05) is 0 Å². The summed E-state index contributed by atoms with van der Waals surface area (Å²) in [6.07, 6.45) is -2.33. The number of carbonyl (C=O) groups is 1. The summed E-state index contributed by atoms with van der Waals surface area (Å²) < 4.78 is 8.55. The molecule has 0 amide bonds. The Morgan fingerprint density at radius 1 is 1.10 bits per heavy atom. The van der Waals surface area contributed by atoms with E-state index in [0.717, 1.165) is 0 Å². The van der Waals surface area contributed by atoms with Gasteiger partial charge in [-0.05, 0) is 6.16 Å². The van der Waals surface area contributed by atoms with Gasteiger partial charge < -0.3 is 34.3 Å². The first kappa shape index (κ1) is 16.9. The van der Waals surface area contributed by atoms with Crippen LogP contribution >= 0.6 is 7.82 Å². The van der Waals surface area contributed by atoms with Crippen molar-refractivity contribution in [3.8, 4) is 0 Å². The Bertz CT molecular complexity index is 113. The van der Waals surface area contributed by atoms with E-state index in [4.69, 9.17) is 34.3 Å². The molecule has 7 nitrogen and oxygen atoms in total. The SMILES string of the molecule is O=C([O-])[O-].O=P([O-])([O-])[O-].[Ca]. The van der Waals surface area contributed by atoms with Crippen molar-refractivity contribution in [1.82, 2.24) is 0 Å². The maximum atomic E-state index is 8.55. The van der Waals surface area contributed by atoms with E-state index >= 15 is 0 Å². The van der Waals surface area contributed by atoms with Gasteiger partial charge in [0.2, 0.25) is 0 Å². The van der Waals surface area contributed by atoms with E-state index in [1.165, 1.54) is 0 Å². The second kappa shape index (κ2) is 7.74. The monoisotopic (exact) mass is 195 g/mol. The van der Waals surface area contributed by atoms with Gasteiger partial charge >= 0.3 is 0 Å². The molecule has 0 fully saturated rings. The van der Waals surface area contributed by atoms with Gasteiger partial charge in [-0.3, -0.25) is 0 Å². The maximum absolute atomic E-state index is 8.55. The molecule has 0 spiro atoms. The quantitative estimate of drug-likeness (QED) is 0.276. The van der Waals surface area contributed by atoms with E-state index in [1.54, 1.807) is 0 Å². The van der Waals surface area contributed by atoms with E-state index in [-0.39, 0.29) is 37.7 Å². The van der Waals surface area contributed by atoms with Gasteiger partial charge in [0.05, 0.1) is 0 Å². The van der Waals surface area contributed by atoms with Crippen LogP contribution < -0.4 is 24.9 Å². The molecule has 0 saturated carbocycles. The zero-order chi connectivity index (χ0) is 8.08. The Morgan fingerprint density at radius 2 is 1.10 bits per heavy atom. The second-order valence-electron chi connectivity index (χ2n) is 0.697. The standard InChI is InChI=1S/CH2O3.Ca.H3O4P/c2-1(3)4;;1-5(2,3)4/h(H2,2,3,4);;(H3,1,2,3,4)/p-5. The summed E-state index contributed by atoms with van der Waals surface area (Å²) in [4.78, 5) is 34.0. The van der Waals surface area contributed by atoms with E-state index in [0.29, 0.717) is 0 Å². The van der Waals surface area contributed by atoms with Crippen LogP contribution in [0.25, 0.3) is 0 Å². The van der Waals surface area contributed by atoms with Crippen molar-refractivity contribution in [2.24, 2.45) is 0 Å². The van der Waals surface area contributed by atoms with Gasteiger partial charge in [0.15, 0.2) is 0 Å². The first-order valence-electron chi connectivity index (χ1n) is 1.34. The molecule has 58 valence electrons. The van der Waals surface area contributed by atoms with Crippen molar-refractivity contribution in [3.05, 3.63) is 0 Å². The number of hydrogen-bond acceptors (Lipinski definition) is 7. The van der Waals surface area contributed by atoms with Crippen LogP contribution in [0.3, 0.4) is 0 Å². The first-order chi connectivity index (χ1) is 3.73. The minimum Gasteiger partial charge on any atom is -0.822 e. The number of carboxylic acid groups (broad SMARTS) is 2. The molecule has 0 aliphatic rings. The molecule has 0 atom stereocenters. The Hall–Kier alpha value is 0.640. The molecule has 0 aromatic rings. The van der Waals surface area contributed by atoms with Crippen LogP contribution in [0.4, 0.5) is 4.79 Å². The molecule has 9 heteroatoms. The van der Waals surface area contributed by atoms with Crippen LogP contribution in [0.5, 0.6) is 0 Å². The summed E-state index contributed by atoms with van der Waals surface area (Å²) in [6.45, 7) is 0. The van der Waals surface area contributed by atoms with Gasteiger partial charge in [-0.15, -0.1) is 0 Å². The topological polar surface area (TPSA) is 149 Å². The number of carbonyl (C=O) groups excluding carboxylic acids is 1. The van der Waals surface area contributed by atoms with Crippen molar-refractivity contribution in [2.45, 2.75) is 0 Å².